The Hall–Kier alpha value is -1.57. The molecule has 0 aliphatic heterocycles. The Morgan fingerprint density at radius 1 is 1.15 bits per heavy atom. The summed E-state index contributed by atoms with van der Waals surface area (Å²) < 4.78 is 5.01. The molecule has 2 heteroatoms. The topological polar surface area (TPSA) is 26.3 Å². The number of ether oxygens (including phenoxy) is 1. The minimum absolute atomic E-state index is 0.262. The van der Waals surface area contributed by atoms with Crippen LogP contribution >= 0.6 is 0 Å². The van der Waals surface area contributed by atoms with Crippen LogP contribution in [0.3, 0.4) is 0 Å². The molecule has 0 unspecified atom stereocenters. The van der Waals surface area contributed by atoms with E-state index in [9.17, 15) is 4.79 Å². The molecular weight excluding hydrogens is 248 g/mol. The van der Waals surface area contributed by atoms with E-state index >= 15 is 0 Å². The lowest BCUT2D eigenvalue weighted by molar-refractivity contribution is -0.137. The number of allylic oxidation sites excluding steroid dienone is 1. The van der Waals surface area contributed by atoms with Gasteiger partial charge in [0.25, 0.3) is 0 Å². The molecular formula is C18H26O2. The zero-order valence-corrected chi connectivity index (χ0v) is 13.3. The van der Waals surface area contributed by atoms with Crippen molar-refractivity contribution in [3.63, 3.8) is 0 Å². The Morgan fingerprint density at radius 2 is 1.75 bits per heavy atom. The molecule has 0 saturated heterocycles. The molecule has 0 amide bonds. The van der Waals surface area contributed by atoms with Crippen molar-refractivity contribution in [2.45, 2.75) is 41.0 Å². The van der Waals surface area contributed by atoms with Gasteiger partial charge in [0.2, 0.25) is 0 Å². The summed E-state index contributed by atoms with van der Waals surface area (Å²) >= 11 is 0. The third-order valence-corrected chi connectivity index (χ3v) is 3.11. The van der Waals surface area contributed by atoms with E-state index in [1.54, 1.807) is 6.08 Å². The second kappa shape index (κ2) is 7.88. The van der Waals surface area contributed by atoms with Crippen molar-refractivity contribution in [1.29, 1.82) is 0 Å². The Kier molecular flexibility index (Phi) is 6.50. The van der Waals surface area contributed by atoms with E-state index in [0.717, 1.165) is 17.6 Å². The van der Waals surface area contributed by atoms with E-state index < -0.39 is 0 Å². The Bertz CT molecular complexity index is 453. The maximum Gasteiger partial charge on any atom is 0.331 e. The highest BCUT2D eigenvalue weighted by molar-refractivity contribution is 5.91. The molecule has 0 heterocycles. The van der Waals surface area contributed by atoms with E-state index in [4.69, 9.17) is 4.74 Å². The molecule has 1 aromatic rings. The summed E-state index contributed by atoms with van der Waals surface area (Å²) in [6.45, 7) is 10.8. The average molecular weight is 274 g/mol. The fourth-order valence-corrected chi connectivity index (χ4v) is 2.20. The number of carbonyl (C=O) groups excluding carboxylic acids is 1. The molecule has 0 radical (unpaired) electrons. The number of benzene rings is 1. The van der Waals surface area contributed by atoms with Crippen LogP contribution in [0, 0.1) is 11.8 Å². The predicted octanol–water partition coefficient (Wildman–Crippen LogP) is 4.49. The molecule has 0 aromatic heterocycles. The van der Waals surface area contributed by atoms with Gasteiger partial charge in [0, 0.05) is 6.08 Å². The summed E-state index contributed by atoms with van der Waals surface area (Å²) in [6.07, 6.45) is 2.70. The summed E-state index contributed by atoms with van der Waals surface area (Å²) in [5, 5.41) is 0. The molecule has 2 nitrogen and oxygen atoms in total. The first-order valence-corrected chi connectivity index (χ1v) is 7.41. The molecule has 0 aliphatic rings. The minimum Gasteiger partial charge on any atom is -0.463 e. The first kappa shape index (κ1) is 16.5. The van der Waals surface area contributed by atoms with Gasteiger partial charge in [-0.15, -0.1) is 0 Å². The third-order valence-electron chi connectivity index (χ3n) is 3.11. The van der Waals surface area contributed by atoms with Gasteiger partial charge in [0.1, 0.15) is 0 Å². The number of esters is 1. The molecule has 0 N–H and O–H groups in total. The smallest absolute Gasteiger partial charge is 0.331 e. The van der Waals surface area contributed by atoms with Gasteiger partial charge in [-0.2, -0.15) is 0 Å². The number of hydrogen-bond acceptors (Lipinski definition) is 2. The van der Waals surface area contributed by atoms with Gasteiger partial charge in [-0.1, -0.05) is 52.0 Å². The lowest BCUT2D eigenvalue weighted by Crippen LogP contribution is -2.04. The molecule has 20 heavy (non-hydrogen) atoms. The van der Waals surface area contributed by atoms with Crippen molar-refractivity contribution >= 4 is 11.5 Å². The summed E-state index contributed by atoms with van der Waals surface area (Å²) in [4.78, 5) is 11.6. The van der Waals surface area contributed by atoms with Gasteiger partial charge >= 0.3 is 5.97 Å². The van der Waals surface area contributed by atoms with E-state index in [1.807, 2.05) is 6.92 Å². The normalized spacial score (nSPS) is 12.1. The summed E-state index contributed by atoms with van der Waals surface area (Å²) in [5.41, 5.74) is 3.46. The number of rotatable bonds is 6. The van der Waals surface area contributed by atoms with Crippen LogP contribution in [0.2, 0.25) is 0 Å². The second-order valence-electron chi connectivity index (χ2n) is 5.80. The van der Waals surface area contributed by atoms with Crippen LogP contribution in [0.4, 0.5) is 0 Å². The molecule has 0 spiro atoms. The van der Waals surface area contributed by atoms with E-state index in [-0.39, 0.29) is 11.9 Å². The van der Waals surface area contributed by atoms with Crippen LogP contribution in [0.5, 0.6) is 0 Å². The maximum absolute atomic E-state index is 11.6. The zero-order valence-electron chi connectivity index (χ0n) is 13.3. The Morgan fingerprint density at radius 3 is 2.20 bits per heavy atom. The Labute approximate surface area is 122 Å². The van der Waals surface area contributed by atoms with Gasteiger partial charge in [-0.05, 0) is 41.9 Å². The summed E-state index contributed by atoms with van der Waals surface area (Å²) in [7, 11) is 0. The quantitative estimate of drug-likeness (QED) is 0.564. The van der Waals surface area contributed by atoms with Gasteiger partial charge in [0.15, 0.2) is 0 Å². The van der Waals surface area contributed by atoms with E-state index in [1.165, 1.54) is 5.56 Å². The fourth-order valence-electron chi connectivity index (χ4n) is 2.20. The molecule has 0 fully saturated rings. The van der Waals surface area contributed by atoms with Crippen molar-refractivity contribution in [2.24, 2.45) is 11.8 Å². The monoisotopic (exact) mass is 274 g/mol. The fraction of sp³-hybridized carbons (Fsp3) is 0.500. The van der Waals surface area contributed by atoms with Gasteiger partial charge < -0.3 is 4.74 Å². The standard InChI is InChI=1S/C18H26O2/c1-6-20-18(19)12-17(14(4)5)16-9-7-15(8-10-16)11-13(2)3/h7-10,12-14H,6,11H2,1-5H3. The van der Waals surface area contributed by atoms with Gasteiger partial charge in [0.05, 0.1) is 6.61 Å². The first-order valence-electron chi connectivity index (χ1n) is 7.41. The van der Waals surface area contributed by atoms with Crippen LogP contribution in [0.1, 0.15) is 45.7 Å². The second-order valence-corrected chi connectivity index (χ2v) is 5.80. The summed E-state index contributed by atoms with van der Waals surface area (Å²) in [6, 6.07) is 8.50. The Balaban J connectivity index is 2.95. The summed E-state index contributed by atoms with van der Waals surface area (Å²) in [5.74, 6) is 0.679. The van der Waals surface area contributed by atoms with Crippen molar-refractivity contribution in [3.05, 3.63) is 41.5 Å². The van der Waals surface area contributed by atoms with Crippen molar-refractivity contribution in [3.8, 4) is 0 Å². The van der Waals surface area contributed by atoms with E-state index in [2.05, 4.69) is 52.0 Å². The number of carbonyl (C=O) groups is 1. The third kappa shape index (κ3) is 5.20. The first-order chi connectivity index (χ1) is 9.43. The van der Waals surface area contributed by atoms with Crippen LogP contribution in [0.15, 0.2) is 30.3 Å². The lowest BCUT2D eigenvalue weighted by atomic mass is 9.93. The molecule has 1 rings (SSSR count). The molecule has 0 saturated carbocycles. The van der Waals surface area contributed by atoms with Crippen LogP contribution in [-0.4, -0.2) is 12.6 Å². The van der Waals surface area contributed by atoms with Gasteiger partial charge in [-0.25, -0.2) is 4.79 Å². The van der Waals surface area contributed by atoms with Crippen LogP contribution in [0.25, 0.3) is 5.57 Å². The highest BCUT2D eigenvalue weighted by atomic mass is 16.5. The maximum atomic E-state index is 11.6. The highest BCUT2D eigenvalue weighted by Crippen LogP contribution is 2.24. The molecule has 1 aromatic carbocycles. The SMILES string of the molecule is CCOC(=O)C=C(c1ccc(CC(C)C)cc1)C(C)C. The van der Waals surface area contributed by atoms with Crippen LogP contribution in [-0.2, 0) is 16.0 Å². The molecule has 0 bridgehead atoms. The number of hydrogen-bond donors (Lipinski definition) is 0. The lowest BCUT2D eigenvalue weighted by Gasteiger charge is -2.13. The average Bonchev–Trinajstić information content (AvgIpc) is 2.36. The highest BCUT2D eigenvalue weighted by Gasteiger charge is 2.10. The van der Waals surface area contributed by atoms with Gasteiger partial charge in [-0.3, -0.25) is 0 Å². The van der Waals surface area contributed by atoms with E-state index in [0.29, 0.717) is 12.5 Å². The van der Waals surface area contributed by atoms with Crippen LogP contribution < -0.4 is 0 Å². The molecule has 110 valence electrons. The van der Waals surface area contributed by atoms with Crippen molar-refractivity contribution in [1.82, 2.24) is 0 Å². The zero-order chi connectivity index (χ0) is 15.1. The molecule has 0 aliphatic carbocycles. The van der Waals surface area contributed by atoms with Crippen molar-refractivity contribution in [2.75, 3.05) is 6.61 Å². The molecule has 0 atom stereocenters. The minimum atomic E-state index is -0.262. The predicted molar refractivity (Wildman–Crippen MR) is 84.4 cm³/mol. The largest absolute Gasteiger partial charge is 0.463 e. The van der Waals surface area contributed by atoms with Crippen molar-refractivity contribution < 1.29 is 9.53 Å².